The molecule has 192 valence electrons. The van der Waals surface area contributed by atoms with Crippen LogP contribution >= 0.6 is 0 Å². The molecule has 0 amide bonds. The highest BCUT2D eigenvalue weighted by molar-refractivity contribution is 5.83. The molecular weight excluding hydrogens is 456 g/mol. The van der Waals surface area contributed by atoms with Gasteiger partial charge in [-0.15, -0.1) is 0 Å². The number of ether oxygens (including phenoxy) is 1. The Labute approximate surface area is 212 Å². The number of nitrogens with zero attached hydrogens (tertiary/aromatic N) is 2. The second-order valence-corrected chi connectivity index (χ2v) is 9.75. The Morgan fingerprint density at radius 2 is 1.69 bits per heavy atom. The van der Waals surface area contributed by atoms with E-state index in [0.717, 1.165) is 79.6 Å². The van der Waals surface area contributed by atoms with Gasteiger partial charge >= 0.3 is 5.97 Å². The lowest BCUT2D eigenvalue weighted by molar-refractivity contribution is -0.142. The molecule has 36 heavy (non-hydrogen) atoms. The van der Waals surface area contributed by atoms with Gasteiger partial charge in [0.15, 0.2) is 0 Å². The van der Waals surface area contributed by atoms with Crippen LogP contribution in [0.1, 0.15) is 44.2 Å². The van der Waals surface area contributed by atoms with Crippen molar-refractivity contribution in [2.45, 2.75) is 51.5 Å². The van der Waals surface area contributed by atoms with Crippen LogP contribution < -0.4 is 0 Å². The van der Waals surface area contributed by atoms with Gasteiger partial charge < -0.3 is 20.1 Å². The Balaban J connectivity index is 1.61. The molecule has 0 saturated heterocycles. The van der Waals surface area contributed by atoms with E-state index in [1.807, 2.05) is 30.3 Å². The average molecular weight is 493 g/mol. The van der Waals surface area contributed by atoms with E-state index in [2.05, 4.69) is 16.8 Å². The van der Waals surface area contributed by atoms with Crippen LogP contribution in [-0.4, -0.2) is 50.9 Å². The smallest absolute Gasteiger partial charge is 0.329 e. The highest BCUT2D eigenvalue weighted by Gasteiger charge is 2.26. The molecule has 1 aliphatic rings. The molecule has 3 N–H and O–H groups in total. The number of carbonyl (C=O) groups is 1. The first kappa shape index (κ1) is 25.9. The van der Waals surface area contributed by atoms with Crippen molar-refractivity contribution in [3.8, 4) is 28.1 Å². The number of hydrogen-bond acceptors (Lipinski definition) is 5. The first-order valence-corrected chi connectivity index (χ1v) is 12.9. The number of aromatic hydroxyl groups is 1. The molecule has 1 aromatic heterocycles. The maximum Gasteiger partial charge on any atom is 0.329 e. The third kappa shape index (κ3) is 6.74. The summed E-state index contributed by atoms with van der Waals surface area (Å²) in [5, 5.41) is 33.5. The quantitative estimate of drug-likeness (QED) is 0.302. The standard InChI is InChI=1S/C29H36N2O5/c32-16-5-4-11-26-28(24-9-6-10-25(33)17-24)29(23-7-2-1-3-8-23)30-31(26)18-21-12-14-22(15-13-21)19-36-20-27(34)35/h1-3,6-10,17,21-22,32-33H,4-5,11-16,18-20H2,(H,34,35). The molecule has 7 heteroatoms. The normalized spacial score (nSPS) is 17.8. The van der Waals surface area contributed by atoms with Gasteiger partial charge in [-0.3, -0.25) is 4.68 Å². The van der Waals surface area contributed by atoms with Crippen molar-refractivity contribution in [1.82, 2.24) is 9.78 Å². The molecule has 1 saturated carbocycles. The third-order valence-electron chi connectivity index (χ3n) is 7.04. The van der Waals surface area contributed by atoms with Crippen LogP contribution in [-0.2, 0) is 22.5 Å². The Bertz CT molecular complexity index is 1120. The van der Waals surface area contributed by atoms with Crippen molar-refractivity contribution in [3.05, 3.63) is 60.3 Å². The lowest BCUT2D eigenvalue weighted by Crippen LogP contribution is -2.24. The summed E-state index contributed by atoms with van der Waals surface area (Å²) in [7, 11) is 0. The van der Waals surface area contributed by atoms with Crippen LogP contribution in [0.4, 0.5) is 0 Å². The molecule has 7 nitrogen and oxygen atoms in total. The topological polar surface area (TPSA) is 105 Å². The Kier molecular flexibility index (Phi) is 9.14. The second-order valence-electron chi connectivity index (χ2n) is 9.75. The molecule has 0 radical (unpaired) electrons. The van der Waals surface area contributed by atoms with Crippen LogP contribution in [0.3, 0.4) is 0 Å². The predicted octanol–water partition coefficient (Wildman–Crippen LogP) is 5.15. The molecular formula is C29H36N2O5. The number of carboxylic acid groups (broad SMARTS) is 1. The van der Waals surface area contributed by atoms with E-state index < -0.39 is 5.97 Å². The Morgan fingerprint density at radius 3 is 2.39 bits per heavy atom. The van der Waals surface area contributed by atoms with Crippen molar-refractivity contribution >= 4 is 5.97 Å². The molecule has 1 fully saturated rings. The Morgan fingerprint density at radius 1 is 0.972 bits per heavy atom. The summed E-state index contributed by atoms with van der Waals surface area (Å²) in [5.74, 6) is 0.194. The van der Waals surface area contributed by atoms with Gasteiger partial charge in [-0.2, -0.15) is 5.10 Å². The minimum Gasteiger partial charge on any atom is -0.508 e. The van der Waals surface area contributed by atoms with Gasteiger partial charge in [0.05, 0.1) is 6.61 Å². The van der Waals surface area contributed by atoms with Crippen molar-refractivity contribution in [1.29, 1.82) is 0 Å². The third-order valence-corrected chi connectivity index (χ3v) is 7.04. The molecule has 1 aliphatic carbocycles. The average Bonchev–Trinajstić information content (AvgIpc) is 3.23. The van der Waals surface area contributed by atoms with Crippen LogP contribution in [0.25, 0.3) is 22.4 Å². The van der Waals surface area contributed by atoms with Gasteiger partial charge in [0.1, 0.15) is 18.1 Å². The zero-order chi connectivity index (χ0) is 25.3. The fourth-order valence-corrected chi connectivity index (χ4v) is 5.21. The van der Waals surface area contributed by atoms with E-state index in [9.17, 15) is 15.0 Å². The zero-order valence-electron chi connectivity index (χ0n) is 20.7. The largest absolute Gasteiger partial charge is 0.508 e. The predicted molar refractivity (Wildman–Crippen MR) is 139 cm³/mol. The monoisotopic (exact) mass is 492 g/mol. The summed E-state index contributed by atoms with van der Waals surface area (Å²) in [6.07, 6.45) is 6.54. The molecule has 2 aromatic carbocycles. The van der Waals surface area contributed by atoms with E-state index >= 15 is 0 Å². The highest BCUT2D eigenvalue weighted by Crippen LogP contribution is 2.38. The summed E-state index contributed by atoms with van der Waals surface area (Å²) in [6, 6.07) is 17.5. The number of aliphatic hydroxyl groups excluding tert-OH is 1. The number of aliphatic hydroxyl groups is 1. The van der Waals surface area contributed by atoms with Gasteiger partial charge in [-0.05, 0) is 74.5 Å². The summed E-state index contributed by atoms with van der Waals surface area (Å²) < 4.78 is 7.49. The van der Waals surface area contributed by atoms with Gasteiger partial charge in [-0.1, -0.05) is 42.5 Å². The summed E-state index contributed by atoms with van der Waals surface area (Å²) in [5.41, 5.74) is 5.08. The molecule has 0 bridgehead atoms. The van der Waals surface area contributed by atoms with E-state index in [1.54, 1.807) is 12.1 Å². The lowest BCUT2D eigenvalue weighted by atomic mass is 9.82. The highest BCUT2D eigenvalue weighted by atomic mass is 16.5. The number of phenols is 1. The maximum absolute atomic E-state index is 10.7. The first-order chi connectivity index (χ1) is 17.5. The SMILES string of the molecule is O=C(O)COCC1CCC(Cn2nc(-c3ccccc3)c(-c3cccc(O)c3)c2CCCCO)CC1. The fourth-order valence-electron chi connectivity index (χ4n) is 5.21. The number of unbranched alkanes of at least 4 members (excludes halogenated alkanes) is 1. The van der Waals surface area contributed by atoms with Gasteiger partial charge in [0, 0.05) is 30.0 Å². The minimum atomic E-state index is -0.923. The van der Waals surface area contributed by atoms with Gasteiger partial charge in [-0.25, -0.2) is 4.79 Å². The van der Waals surface area contributed by atoms with Crippen LogP contribution in [0.2, 0.25) is 0 Å². The molecule has 0 aliphatic heterocycles. The summed E-state index contributed by atoms with van der Waals surface area (Å²) in [4.78, 5) is 10.7. The molecule has 0 spiro atoms. The second kappa shape index (κ2) is 12.7. The van der Waals surface area contributed by atoms with E-state index in [0.29, 0.717) is 18.4 Å². The fraction of sp³-hybridized carbons (Fsp3) is 0.448. The van der Waals surface area contributed by atoms with E-state index in [1.165, 1.54) is 0 Å². The van der Waals surface area contributed by atoms with Crippen molar-refractivity contribution in [2.24, 2.45) is 11.8 Å². The number of hydrogen-bond donors (Lipinski definition) is 3. The Hall–Kier alpha value is -3.16. The number of aliphatic carboxylic acids is 1. The number of benzene rings is 2. The summed E-state index contributed by atoms with van der Waals surface area (Å²) >= 11 is 0. The van der Waals surface area contributed by atoms with Crippen LogP contribution in [0.15, 0.2) is 54.6 Å². The number of rotatable bonds is 12. The van der Waals surface area contributed by atoms with Crippen LogP contribution in [0.5, 0.6) is 5.75 Å². The van der Waals surface area contributed by atoms with E-state index in [-0.39, 0.29) is 19.0 Å². The molecule has 0 atom stereocenters. The van der Waals surface area contributed by atoms with Gasteiger partial charge in [0.2, 0.25) is 0 Å². The number of carboxylic acids is 1. The van der Waals surface area contributed by atoms with E-state index in [4.69, 9.17) is 14.9 Å². The number of aromatic nitrogens is 2. The summed E-state index contributed by atoms with van der Waals surface area (Å²) in [6.45, 7) is 1.25. The molecule has 0 unspecified atom stereocenters. The molecule has 1 heterocycles. The van der Waals surface area contributed by atoms with Crippen LogP contribution in [0, 0.1) is 11.8 Å². The van der Waals surface area contributed by atoms with Crippen molar-refractivity contribution in [2.75, 3.05) is 19.8 Å². The molecule has 4 rings (SSSR count). The maximum atomic E-state index is 10.7. The lowest BCUT2D eigenvalue weighted by Gasteiger charge is -2.28. The molecule has 3 aromatic rings. The number of phenolic OH excluding ortho intramolecular Hbond substituents is 1. The van der Waals surface area contributed by atoms with Gasteiger partial charge in [0.25, 0.3) is 0 Å². The van der Waals surface area contributed by atoms with Crippen molar-refractivity contribution in [3.63, 3.8) is 0 Å². The zero-order valence-corrected chi connectivity index (χ0v) is 20.7. The van der Waals surface area contributed by atoms with Crippen molar-refractivity contribution < 1.29 is 24.9 Å². The minimum absolute atomic E-state index is 0.162. The first-order valence-electron chi connectivity index (χ1n) is 12.9.